The number of aryl methyl sites for hydroxylation is 2. The molecule has 0 unspecified atom stereocenters. The van der Waals surface area contributed by atoms with Gasteiger partial charge >= 0.3 is 0 Å². The van der Waals surface area contributed by atoms with Crippen molar-refractivity contribution < 1.29 is 8.42 Å². The van der Waals surface area contributed by atoms with Gasteiger partial charge in [-0.3, -0.25) is 0 Å². The van der Waals surface area contributed by atoms with Crippen LogP contribution in [-0.4, -0.2) is 38.7 Å². The van der Waals surface area contributed by atoms with Crippen molar-refractivity contribution >= 4 is 21.7 Å². The minimum Gasteiger partial charge on any atom is -0.357 e. The maximum Gasteiger partial charge on any atom is 0.285 e. The third-order valence-corrected chi connectivity index (χ3v) is 6.74. The molecule has 32 heavy (non-hydrogen) atoms. The Morgan fingerprint density at radius 1 is 0.938 bits per heavy atom. The lowest BCUT2D eigenvalue weighted by Gasteiger charge is -2.18. The van der Waals surface area contributed by atoms with Gasteiger partial charge in [-0.05, 0) is 37.1 Å². The molecule has 0 aromatic heterocycles. The Morgan fingerprint density at radius 3 is 2.12 bits per heavy atom. The molecule has 1 aliphatic rings. The van der Waals surface area contributed by atoms with E-state index in [0.717, 1.165) is 22.4 Å². The number of rotatable bonds is 4. The van der Waals surface area contributed by atoms with Crippen molar-refractivity contribution in [3.05, 3.63) is 101 Å². The van der Waals surface area contributed by atoms with E-state index in [0.29, 0.717) is 6.54 Å². The molecule has 3 aromatic rings. The summed E-state index contributed by atoms with van der Waals surface area (Å²) in [5, 5.41) is 9.36. The molecular weight excluding hydrogens is 420 g/mol. The van der Waals surface area contributed by atoms with Crippen LogP contribution in [0.3, 0.4) is 0 Å². The van der Waals surface area contributed by atoms with E-state index in [1.54, 1.807) is 36.3 Å². The van der Waals surface area contributed by atoms with Crippen LogP contribution in [0.15, 0.2) is 93.3 Å². The highest BCUT2D eigenvalue weighted by Gasteiger charge is 2.32. The predicted octanol–water partition coefficient (Wildman–Crippen LogP) is 4.07. The molecule has 7 heteroatoms. The zero-order chi connectivity index (χ0) is 22.7. The molecule has 0 saturated carbocycles. The number of nitrogens with zero attached hydrogens (tertiary/aromatic N) is 3. The van der Waals surface area contributed by atoms with Gasteiger partial charge in [0.1, 0.15) is 0 Å². The number of hydrogen-bond donors (Lipinski definition) is 1. The lowest BCUT2D eigenvalue weighted by Crippen LogP contribution is -2.36. The van der Waals surface area contributed by atoms with Crippen molar-refractivity contribution in [1.82, 2.24) is 10.3 Å². The lowest BCUT2D eigenvalue weighted by molar-refractivity contribution is 0.460. The molecule has 1 atom stereocenters. The minimum absolute atomic E-state index is 0.0143. The van der Waals surface area contributed by atoms with Crippen LogP contribution < -0.4 is 5.32 Å². The molecule has 0 bridgehead atoms. The molecule has 0 saturated heterocycles. The van der Waals surface area contributed by atoms with Crippen LogP contribution in [0.1, 0.15) is 28.2 Å². The van der Waals surface area contributed by atoms with E-state index in [9.17, 15) is 8.42 Å². The average Bonchev–Trinajstić information content (AvgIpc) is 3.24. The molecule has 0 amide bonds. The predicted molar refractivity (Wildman–Crippen MR) is 128 cm³/mol. The number of nitrogens with one attached hydrogen (secondary N) is 1. The first-order chi connectivity index (χ1) is 15.4. The molecule has 0 fully saturated rings. The SMILES string of the molecule is CN/C(=N\S(=O)(=O)c1ccc(C)cc1)N1C[C@H](c2ccccc2)C(c2ccc(C)cc2)=N1. The third-order valence-electron chi connectivity index (χ3n) is 5.46. The van der Waals surface area contributed by atoms with Gasteiger partial charge in [0.2, 0.25) is 5.96 Å². The van der Waals surface area contributed by atoms with Crippen LogP contribution in [-0.2, 0) is 10.0 Å². The fourth-order valence-corrected chi connectivity index (χ4v) is 4.66. The third kappa shape index (κ3) is 4.57. The van der Waals surface area contributed by atoms with Gasteiger partial charge in [0.05, 0.1) is 17.2 Å². The van der Waals surface area contributed by atoms with Crippen LogP contribution in [0, 0.1) is 13.8 Å². The number of guanidine groups is 1. The molecule has 164 valence electrons. The molecule has 0 radical (unpaired) electrons. The van der Waals surface area contributed by atoms with Crippen LogP contribution >= 0.6 is 0 Å². The Bertz CT molecular complexity index is 1250. The molecule has 0 aliphatic carbocycles. The van der Waals surface area contributed by atoms with E-state index in [2.05, 4.69) is 34.0 Å². The average molecular weight is 447 g/mol. The minimum atomic E-state index is -3.88. The van der Waals surface area contributed by atoms with Gasteiger partial charge < -0.3 is 5.32 Å². The Hall–Kier alpha value is -3.45. The zero-order valence-electron chi connectivity index (χ0n) is 18.4. The summed E-state index contributed by atoms with van der Waals surface area (Å²) in [5.41, 5.74) is 5.16. The van der Waals surface area contributed by atoms with Gasteiger partial charge in [-0.15, -0.1) is 4.40 Å². The second-order valence-corrected chi connectivity index (χ2v) is 9.45. The van der Waals surface area contributed by atoms with Crippen LogP contribution in [0.4, 0.5) is 0 Å². The van der Waals surface area contributed by atoms with Crippen molar-refractivity contribution in [2.45, 2.75) is 24.7 Å². The largest absolute Gasteiger partial charge is 0.357 e. The fraction of sp³-hybridized carbons (Fsp3) is 0.200. The molecule has 1 heterocycles. The van der Waals surface area contributed by atoms with Gasteiger partial charge in [0.25, 0.3) is 10.0 Å². The van der Waals surface area contributed by atoms with Gasteiger partial charge in [0, 0.05) is 13.0 Å². The standard InChI is InChI=1S/C25H26N4O2S/c1-18-9-13-21(14-10-18)24-23(20-7-5-4-6-8-20)17-29(27-24)25(26-3)28-32(30,31)22-15-11-19(2)12-16-22/h4-16,23H,17H2,1-3H3,(H,26,28)/t23-/m1/s1. The number of benzene rings is 3. The Labute approximate surface area is 189 Å². The lowest BCUT2D eigenvalue weighted by atomic mass is 9.90. The zero-order valence-corrected chi connectivity index (χ0v) is 19.2. The van der Waals surface area contributed by atoms with Crippen molar-refractivity contribution in [2.75, 3.05) is 13.6 Å². The highest BCUT2D eigenvalue weighted by Crippen LogP contribution is 2.29. The van der Waals surface area contributed by atoms with E-state index in [1.807, 2.05) is 44.2 Å². The quantitative estimate of drug-likeness (QED) is 0.484. The van der Waals surface area contributed by atoms with Crippen molar-refractivity contribution in [1.29, 1.82) is 0 Å². The summed E-state index contributed by atoms with van der Waals surface area (Å²) in [7, 11) is -2.23. The van der Waals surface area contributed by atoms with Gasteiger partial charge in [0.15, 0.2) is 0 Å². The Morgan fingerprint density at radius 2 is 1.53 bits per heavy atom. The van der Waals surface area contributed by atoms with Gasteiger partial charge in [-0.25, -0.2) is 5.01 Å². The molecule has 1 aliphatic heterocycles. The van der Waals surface area contributed by atoms with Crippen molar-refractivity contribution in [3.8, 4) is 0 Å². The molecule has 1 N–H and O–H groups in total. The molecular formula is C25H26N4O2S. The van der Waals surface area contributed by atoms with Gasteiger partial charge in [-0.1, -0.05) is 77.9 Å². The first-order valence-corrected chi connectivity index (χ1v) is 11.9. The summed E-state index contributed by atoms with van der Waals surface area (Å²) in [6.07, 6.45) is 0. The summed E-state index contributed by atoms with van der Waals surface area (Å²) < 4.78 is 29.9. The first-order valence-electron chi connectivity index (χ1n) is 10.4. The molecule has 4 rings (SSSR count). The first kappa shape index (κ1) is 21.8. The highest BCUT2D eigenvalue weighted by molar-refractivity contribution is 7.90. The molecule has 3 aromatic carbocycles. The summed E-state index contributed by atoms with van der Waals surface area (Å²) in [5.74, 6) is 0.174. The summed E-state index contributed by atoms with van der Waals surface area (Å²) in [6.45, 7) is 4.44. The Kier molecular flexibility index (Phi) is 6.10. The van der Waals surface area contributed by atoms with E-state index < -0.39 is 10.0 Å². The smallest absolute Gasteiger partial charge is 0.285 e. The van der Waals surface area contributed by atoms with E-state index in [-0.39, 0.29) is 16.8 Å². The van der Waals surface area contributed by atoms with Gasteiger partial charge in [-0.2, -0.15) is 13.5 Å². The van der Waals surface area contributed by atoms with Crippen LogP contribution in [0.2, 0.25) is 0 Å². The van der Waals surface area contributed by atoms with E-state index in [4.69, 9.17) is 5.10 Å². The van der Waals surface area contributed by atoms with E-state index >= 15 is 0 Å². The molecule has 0 spiro atoms. The second kappa shape index (κ2) is 8.96. The van der Waals surface area contributed by atoms with Crippen molar-refractivity contribution in [3.63, 3.8) is 0 Å². The second-order valence-electron chi connectivity index (χ2n) is 7.85. The number of sulfonamides is 1. The van der Waals surface area contributed by atoms with Crippen molar-refractivity contribution in [2.24, 2.45) is 9.50 Å². The monoisotopic (exact) mass is 446 g/mol. The Balaban J connectivity index is 1.73. The van der Waals surface area contributed by atoms with E-state index in [1.165, 1.54) is 5.56 Å². The highest BCUT2D eigenvalue weighted by atomic mass is 32.2. The molecule has 6 nitrogen and oxygen atoms in total. The van der Waals surface area contributed by atoms with Crippen LogP contribution in [0.5, 0.6) is 0 Å². The summed E-state index contributed by atoms with van der Waals surface area (Å²) in [4.78, 5) is 0.150. The van der Waals surface area contributed by atoms with Crippen LogP contribution in [0.25, 0.3) is 0 Å². The number of hydrogen-bond acceptors (Lipinski definition) is 3. The maximum absolute atomic E-state index is 12.9. The summed E-state index contributed by atoms with van der Waals surface area (Å²) in [6, 6.07) is 25.0. The topological polar surface area (TPSA) is 74.1 Å². The number of hydrazone groups is 1. The maximum atomic E-state index is 12.9. The summed E-state index contributed by atoms with van der Waals surface area (Å²) >= 11 is 0. The fourth-order valence-electron chi connectivity index (χ4n) is 3.66. The normalized spacial score (nSPS) is 16.7.